The highest BCUT2D eigenvalue weighted by molar-refractivity contribution is 5.10. The third-order valence-electron chi connectivity index (χ3n) is 4.10. The monoisotopic (exact) mass is 255 g/mol. The Morgan fingerprint density at radius 2 is 2.06 bits per heavy atom. The average molecular weight is 255 g/mol. The van der Waals surface area contributed by atoms with Crippen molar-refractivity contribution in [1.29, 1.82) is 0 Å². The highest BCUT2D eigenvalue weighted by Crippen LogP contribution is 2.49. The first kappa shape index (κ1) is 13.6. The second-order valence-corrected chi connectivity index (χ2v) is 5.09. The fourth-order valence-corrected chi connectivity index (χ4v) is 3.17. The minimum atomic E-state index is -1.38. The number of fused-ring (bicyclic) bond motifs is 1. The molecule has 102 valence electrons. The second kappa shape index (κ2) is 5.05. The molecule has 6 heteroatoms. The van der Waals surface area contributed by atoms with Gasteiger partial charge in [0.1, 0.15) is 5.54 Å². The van der Waals surface area contributed by atoms with Gasteiger partial charge in [-0.25, -0.2) is 0 Å². The average Bonchev–Trinajstić information content (AvgIpc) is 2.37. The van der Waals surface area contributed by atoms with Crippen molar-refractivity contribution in [3.05, 3.63) is 10.4 Å². The first-order valence-electron chi connectivity index (χ1n) is 6.73. The van der Waals surface area contributed by atoms with E-state index in [1.807, 2.05) is 13.8 Å². The van der Waals surface area contributed by atoms with Crippen molar-refractivity contribution >= 4 is 0 Å². The molecule has 0 bridgehead atoms. The molecule has 2 fully saturated rings. The Hall–Kier alpha value is -0.810. The lowest BCUT2D eigenvalue weighted by Crippen LogP contribution is -2.68. The van der Waals surface area contributed by atoms with E-state index in [0.717, 1.165) is 12.8 Å². The SMILES string of the molecule is CC[C@H]1O[C@@H](CC)[C@]2(N=[N+]=[N-])CCCC[C@@]2(O)O1. The summed E-state index contributed by atoms with van der Waals surface area (Å²) in [5.74, 6) is -1.38. The first-order valence-corrected chi connectivity index (χ1v) is 6.73. The topological polar surface area (TPSA) is 87.5 Å². The maximum atomic E-state index is 10.8. The van der Waals surface area contributed by atoms with Gasteiger partial charge in [0.2, 0.25) is 0 Å². The number of aliphatic hydroxyl groups is 1. The number of ether oxygens (including phenoxy) is 2. The van der Waals surface area contributed by atoms with Crippen LogP contribution in [-0.2, 0) is 9.47 Å². The van der Waals surface area contributed by atoms with E-state index in [1.165, 1.54) is 0 Å². The van der Waals surface area contributed by atoms with E-state index in [0.29, 0.717) is 25.7 Å². The van der Waals surface area contributed by atoms with E-state index >= 15 is 0 Å². The number of nitrogens with zero attached hydrogens (tertiary/aromatic N) is 3. The van der Waals surface area contributed by atoms with E-state index in [2.05, 4.69) is 10.0 Å². The summed E-state index contributed by atoms with van der Waals surface area (Å²) < 4.78 is 11.5. The van der Waals surface area contributed by atoms with Gasteiger partial charge in [-0.2, -0.15) is 0 Å². The molecule has 0 amide bonds. The lowest BCUT2D eigenvalue weighted by molar-refractivity contribution is -0.392. The van der Waals surface area contributed by atoms with Crippen molar-refractivity contribution in [3.63, 3.8) is 0 Å². The van der Waals surface area contributed by atoms with Crippen molar-refractivity contribution in [3.8, 4) is 0 Å². The van der Waals surface area contributed by atoms with Gasteiger partial charge < -0.3 is 14.6 Å². The number of rotatable bonds is 3. The zero-order valence-corrected chi connectivity index (χ0v) is 11.0. The first-order chi connectivity index (χ1) is 8.62. The van der Waals surface area contributed by atoms with Crippen molar-refractivity contribution in [1.82, 2.24) is 0 Å². The molecule has 0 radical (unpaired) electrons. The standard InChI is InChI=1S/C12H21N3O3/c1-3-9-11(14-15-13)7-5-6-8-12(11,16)18-10(4-2)17-9/h9-10,16H,3-8H2,1-2H3/t9-,10-,11+,12+/m0/s1. The normalized spacial score (nSPS) is 43.9. The molecule has 0 spiro atoms. The minimum Gasteiger partial charge on any atom is -0.365 e. The van der Waals surface area contributed by atoms with Gasteiger partial charge in [-0.3, -0.25) is 0 Å². The largest absolute Gasteiger partial charge is 0.365 e. The number of azide groups is 1. The van der Waals surface area contributed by atoms with Gasteiger partial charge in [-0.1, -0.05) is 25.4 Å². The highest BCUT2D eigenvalue weighted by atomic mass is 16.8. The second-order valence-electron chi connectivity index (χ2n) is 5.09. The summed E-state index contributed by atoms with van der Waals surface area (Å²) in [5.41, 5.74) is 7.87. The van der Waals surface area contributed by atoms with E-state index in [4.69, 9.17) is 15.0 Å². The Balaban J connectivity index is 2.41. The van der Waals surface area contributed by atoms with Gasteiger partial charge in [0.25, 0.3) is 0 Å². The van der Waals surface area contributed by atoms with Gasteiger partial charge in [-0.05, 0) is 31.2 Å². The zero-order chi connectivity index (χ0) is 13.2. The van der Waals surface area contributed by atoms with Crippen LogP contribution in [0.15, 0.2) is 5.11 Å². The number of hydrogen-bond acceptors (Lipinski definition) is 4. The van der Waals surface area contributed by atoms with Crippen LogP contribution in [0.3, 0.4) is 0 Å². The smallest absolute Gasteiger partial charge is 0.182 e. The van der Waals surface area contributed by atoms with Crippen LogP contribution < -0.4 is 0 Å². The Morgan fingerprint density at radius 1 is 1.33 bits per heavy atom. The van der Waals surface area contributed by atoms with Crippen LogP contribution in [-0.4, -0.2) is 28.8 Å². The fourth-order valence-electron chi connectivity index (χ4n) is 3.17. The minimum absolute atomic E-state index is 0.280. The molecule has 1 aliphatic carbocycles. The van der Waals surface area contributed by atoms with Crippen molar-refractivity contribution in [2.75, 3.05) is 0 Å². The van der Waals surface area contributed by atoms with Crippen LogP contribution in [0.1, 0.15) is 52.4 Å². The zero-order valence-electron chi connectivity index (χ0n) is 11.0. The molecular formula is C12H21N3O3. The molecule has 0 aromatic carbocycles. The summed E-state index contributed by atoms with van der Waals surface area (Å²) >= 11 is 0. The summed E-state index contributed by atoms with van der Waals surface area (Å²) in [5, 5.41) is 14.7. The Kier molecular flexibility index (Phi) is 3.82. The fraction of sp³-hybridized carbons (Fsp3) is 1.00. The van der Waals surface area contributed by atoms with Gasteiger partial charge in [-0.15, -0.1) is 0 Å². The van der Waals surface area contributed by atoms with Gasteiger partial charge in [0.15, 0.2) is 12.1 Å². The summed E-state index contributed by atoms with van der Waals surface area (Å²) in [4.78, 5) is 2.93. The van der Waals surface area contributed by atoms with Crippen LogP contribution in [0, 0.1) is 0 Å². The Labute approximate surface area is 107 Å². The third kappa shape index (κ3) is 1.89. The van der Waals surface area contributed by atoms with Crippen LogP contribution in [0.5, 0.6) is 0 Å². The maximum absolute atomic E-state index is 10.8. The summed E-state index contributed by atoms with van der Waals surface area (Å²) in [6, 6.07) is 0. The van der Waals surface area contributed by atoms with Gasteiger partial charge >= 0.3 is 0 Å². The van der Waals surface area contributed by atoms with E-state index < -0.39 is 17.6 Å². The lowest BCUT2D eigenvalue weighted by Gasteiger charge is -2.55. The third-order valence-corrected chi connectivity index (χ3v) is 4.10. The molecule has 2 rings (SSSR count). The van der Waals surface area contributed by atoms with Crippen molar-refractivity contribution < 1.29 is 14.6 Å². The van der Waals surface area contributed by atoms with Crippen LogP contribution in [0.25, 0.3) is 10.4 Å². The molecule has 6 nitrogen and oxygen atoms in total. The van der Waals surface area contributed by atoms with E-state index in [1.54, 1.807) is 0 Å². The van der Waals surface area contributed by atoms with Gasteiger partial charge in [0.05, 0.1) is 6.10 Å². The maximum Gasteiger partial charge on any atom is 0.182 e. The molecular weight excluding hydrogens is 234 g/mol. The molecule has 0 aromatic heterocycles. The summed E-state index contributed by atoms with van der Waals surface area (Å²) in [6.45, 7) is 3.93. The lowest BCUT2D eigenvalue weighted by atomic mass is 9.71. The molecule has 2 aliphatic rings. The van der Waals surface area contributed by atoms with E-state index in [-0.39, 0.29) is 6.10 Å². The number of hydrogen-bond donors (Lipinski definition) is 1. The predicted octanol–water partition coefficient (Wildman–Crippen LogP) is 2.86. The highest BCUT2D eigenvalue weighted by Gasteiger charge is 2.61. The molecule has 1 heterocycles. The van der Waals surface area contributed by atoms with Crippen LogP contribution in [0.2, 0.25) is 0 Å². The molecule has 1 saturated carbocycles. The van der Waals surface area contributed by atoms with Crippen molar-refractivity contribution in [2.45, 2.75) is 76.1 Å². The predicted molar refractivity (Wildman–Crippen MR) is 65.6 cm³/mol. The molecule has 0 aromatic rings. The van der Waals surface area contributed by atoms with Crippen LogP contribution >= 0.6 is 0 Å². The van der Waals surface area contributed by atoms with Gasteiger partial charge in [0, 0.05) is 11.3 Å². The molecule has 0 unspecified atom stereocenters. The Bertz CT molecular complexity index is 358. The summed E-state index contributed by atoms with van der Waals surface area (Å²) in [6.07, 6.45) is 3.59. The summed E-state index contributed by atoms with van der Waals surface area (Å²) in [7, 11) is 0. The Morgan fingerprint density at radius 3 is 2.67 bits per heavy atom. The molecule has 1 N–H and O–H groups in total. The van der Waals surface area contributed by atoms with Crippen molar-refractivity contribution in [2.24, 2.45) is 5.11 Å². The quantitative estimate of drug-likeness (QED) is 0.478. The molecule has 1 saturated heterocycles. The van der Waals surface area contributed by atoms with E-state index in [9.17, 15) is 5.11 Å². The molecule has 1 aliphatic heterocycles. The molecule has 4 atom stereocenters. The van der Waals surface area contributed by atoms with Crippen LogP contribution in [0.4, 0.5) is 0 Å². The molecule has 18 heavy (non-hydrogen) atoms.